The second-order valence-corrected chi connectivity index (χ2v) is 4.27. The normalized spacial score (nSPS) is 23.6. The number of hydrogen-bond acceptors (Lipinski definition) is 4. The Bertz CT molecular complexity index is 414. The first-order valence-electron chi connectivity index (χ1n) is 5.52. The molecule has 0 saturated carbocycles. The molecule has 1 aliphatic heterocycles. The minimum atomic E-state index is -0.935. The zero-order valence-electron chi connectivity index (χ0n) is 9.48. The van der Waals surface area contributed by atoms with Crippen molar-refractivity contribution >= 4 is 11.6 Å². The van der Waals surface area contributed by atoms with Crippen LogP contribution in [0.4, 0.5) is 5.69 Å². The van der Waals surface area contributed by atoms with Gasteiger partial charge in [-0.05, 0) is 24.1 Å². The van der Waals surface area contributed by atoms with Crippen molar-refractivity contribution in [3.63, 3.8) is 0 Å². The van der Waals surface area contributed by atoms with Gasteiger partial charge in [-0.25, -0.2) is 0 Å². The highest BCUT2D eigenvalue weighted by Crippen LogP contribution is 2.19. The average molecular weight is 236 g/mol. The summed E-state index contributed by atoms with van der Waals surface area (Å²) in [4.78, 5) is 12.0. The first-order valence-corrected chi connectivity index (χ1v) is 5.52. The molecule has 1 aromatic carbocycles. The van der Waals surface area contributed by atoms with Gasteiger partial charge < -0.3 is 20.9 Å². The molecule has 1 aliphatic rings. The molecular formula is C12H16N2O3. The molecular weight excluding hydrogens is 220 g/mol. The Morgan fingerprint density at radius 1 is 1.59 bits per heavy atom. The van der Waals surface area contributed by atoms with Crippen LogP contribution in [0.5, 0.6) is 0 Å². The molecule has 0 bridgehead atoms. The van der Waals surface area contributed by atoms with Crippen LogP contribution in [0.2, 0.25) is 0 Å². The number of nitrogens with two attached hydrogens (primary N) is 1. The molecule has 1 heterocycles. The molecule has 92 valence electrons. The van der Waals surface area contributed by atoms with Crippen LogP contribution in [0.1, 0.15) is 12.0 Å². The molecule has 1 amide bonds. The van der Waals surface area contributed by atoms with Crippen LogP contribution >= 0.6 is 0 Å². The number of aliphatic hydroxyl groups excluding tert-OH is 1. The Labute approximate surface area is 99.6 Å². The third kappa shape index (κ3) is 2.63. The number of carbonyl (C=O) groups is 1. The van der Waals surface area contributed by atoms with E-state index in [9.17, 15) is 4.79 Å². The number of hydrogen-bond donors (Lipinski definition) is 3. The zero-order chi connectivity index (χ0) is 12.3. The third-order valence-corrected chi connectivity index (χ3v) is 2.87. The van der Waals surface area contributed by atoms with E-state index < -0.39 is 5.54 Å². The molecule has 5 heteroatoms. The Kier molecular flexibility index (Phi) is 3.42. The van der Waals surface area contributed by atoms with Crippen molar-refractivity contribution < 1.29 is 14.6 Å². The summed E-state index contributed by atoms with van der Waals surface area (Å²) >= 11 is 0. The fourth-order valence-corrected chi connectivity index (χ4v) is 1.76. The van der Waals surface area contributed by atoms with E-state index in [1.165, 1.54) is 0 Å². The van der Waals surface area contributed by atoms with E-state index in [-0.39, 0.29) is 19.1 Å². The summed E-state index contributed by atoms with van der Waals surface area (Å²) < 4.78 is 5.14. The van der Waals surface area contributed by atoms with Gasteiger partial charge in [0.05, 0.1) is 13.2 Å². The molecule has 5 nitrogen and oxygen atoms in total. The van der Waals surface area contributed by atoms with Gasteiger partial charge in [0.25, 0.3) is 0 Å². The van der Waals surface area contributed by atoms with E-state index in [4.69, 9.17) is 15.6 Å². The summed E-state index contributed by atoms with van der Waals surface area (Å²) in [5.74, 6) is -0.245. The number of amides is 1. The smallest absolute Gasteiger partial charge is 0.246 e. The topological polar surface area (TPSA) is 84.6 Å². The fraction of sp³-hybridized carbons (Fsp3) is 0.417. The molecule has 0 aliphatic carbocycles. The molecule has 1 aromatic rings. The van der Waals surface area contributed by atoms with Gasteiger partial charge in [0, 0.05) is 12.3 Å². The standard InChI is InChI=1S/C12H16N2O3/c13-12(4-5-17-8-12)11(16)14-10-3-1-2-9(6-10)7-15/h1-3,6,15H,4-5,7-8,13H2,(H,14,16). The predicted octanol–water partition coefficient (Wildman–Crippen LogP) is 0.235. The molecule has 2 rings (SSSR count). The van der Waals surface area contributed by atoms with E-state index in [1.807, 2.05) is 0 Å². The van der Waals surface area contributed by atoms with Crippen LogP contribution in [0, 0.1) is 0 Å². The molecule has 1 unspecified atom stereocenters. The van der Waals surface area contributed by atoms with Gasteiger partial charge in [0.2, 0.25) is 5.91 Å². The average Bonchev–Trinajstić information content (AvgIpc) is 2.78. The maximum Gasteiger partial charge on any atom is 0.246 e. The van der Waals surface area contributed by atoms with Gasteiger partial charge in [0.15, 0.2) is 0 Å². The zero-order valence-corrected chi connectivity index (χ0v) is 9.48. The van der Waals surface area contributed by atoms with Crippen LogP contribution < -0.4 is 11.1 Å². The molecule has 0 radical (unpaired) electrons. The van der Waals surface area contributed by atoms with E-state index in [0.29, 0.717) is 18.7 Å². The number of rotatable bonds is 3. The number of ether oxygens (including phenoxy) is 1. The van der Waals surface area contributed by atoms with Crippen LogP contribution in [0.25, 0.3) is 0 Å². The van der Waals surface area contributed by atoms with Crippen LogP contribution in [0.15, 0.2) is 24.3 Å². The lowest BCUT2D eigenvalue weighted by molar-refractivity contribution is -0.121. The monoisotopic (exact) mass is 236 g/mol. The maximum absolute atomic E-state index is 12.0. The lowest BCUT2D eigenvalue weighted by Gasteiger charge is -2.20. The van der Waals surface area contributed by atoms with Crippen LogP contribution in [-0.2, 0) is 16.1 Å². The lowest BCUT2D eigenvalue weighted by atomic mass is 9.99. The van der Waals surface area contributed by atoms with Crippen LogP contribution in [-0.4, -0.2) is 29.8 Å². The number of nitrogens with one attached hydrogen (secondary N) is 1. The van der Waals surface area contributed by atoms with E-state index in [1.54, 1.807) is 24.3 Å². The molecule has 1 saturated heterocycles. The van der Waals surface area contributed by atoms with Crippen molar-refractivity contribution in [1.29, 1.82) is 0 Å². The minimum absolute atomic E-state index is 0.0550. The van der Waals surface area contributed by atoms with Gasteiger partial charge in [-0.1, -0.05) is 12.1 Å². The number of benzene rings is 1. The number of aliphatic hydroxyl groups is 1. The summed E-state index contributed by atoms with van der Waals surface area (Å²) in [5.41, 5.74) is 6.38. The van der Waals surface area contributed by atoms with Gasteiger partial charge in [-0.2, -0.15) is 0 Å². The van der Waals surface area contributed by atoms with Crippen molar-refractivity contribution in [1.82, 2.24) is 0 Å². The van der Waals surface area contributed by atoms with E-state index in [0.717, 1.165) is 5.56 Å². The predicted molar refractivity (Wildman–Crippen MR) is 63.3 cm³/mol. The van der Waals surface area contributed by atoms with Gasteiger partial charge in [-0.3, -0.25) is 4.79 Å². The van der Waals surface area contributed by atoms with Crippen LogP contribution in [0.3, 0.4) is 0 Å². The summed E-state index contributed by atoms with van der Waals surface area (Å²) in [6.45, 7) is 0.708. The number of anilines is 1. The van der Waals surface area contributed by atoms with Crippen molar-refractivity contribution in [3.05, 3.63) is 29.8 Å². The van der Waals surface area contributed by atoms with Crippen molar-refractivity contribution in [3.8, 4) is 0 Å². The van der Waals surface area contributed by atoms with Gasteiger partial charge in [0.1, 0.15) is 5.54 Å². The molecule has 4 N–H and O–H groups in total. The van der Waals surface area contributed by atoms with Crippen molar-refractivity contribution in [2.24, 2.45) is 5.73 Å². The van der Waals surface area contributed by atoms with Gasteiger partial charge in [-0.15, -0.1) is 0 Å². The SMILES string of the molecule is NC1(C(=O)Nc2cccc(CO)c2)CCOC1. The Morgan fingerprint density at radius 3 is 3.06 bits per heavy atom. The molecule has 1 fully saturated rings. The number of carbonyl (C=O) groups excluding carboxylic acids is 1. The second-order valence-electron chi connectivity index (χ2n) is 4.27. The Balaban J connectivity index is 2.07. The second kappa shape index (κ2) is 4.83. The molecule has 17 heavy (non-hydrogen) atoms. The maximum atomic E-state index is 12.0. The summed E-state index contributed by atoms with van der Waals surface area (Å²) in [7, 11) is 0. The van der Waals surface area contributed by atoms with E-state index >= 15 is 0 Å². The quantitative estimate of drug-likeness (QED) is 0.701. The minimum Gasteiger partial charge on any atom is -0.392 e. The van der Waals surface area contributed by atoms with Crippen molar-refractivity contribution in [2.75, 3.05) is 18.5 Å². The summed E-state index contributed by atoms with van der Waals surface area (Å²) in [6, 6.07) is 7.04. The van der Waals surface area contributed by atoms with Gasteiger partial charge >= 0.3 is 0 Å². The first-order chi connectivity index (χ1) is 8.14. The highest BCUT2D eigenvalue weighted by molar-refractivity contribution is 5.98. The lowest BCUT2D eigenvalue weighted by Crippen LogP contribution is -2.51. The Morgan fingerprint density at radius 2 is 2.41 bits per heavy atom. The fourth-order valence-electron chi connectivity index (χ4n) is 1.76. The molecule has 1 atom stereocenters. The highest BCUT2D eigenvalue weighted by Gasteiger charge is 2.38. The van der Waals surface area contributed by atoms with E-state index in [2.05, 4.69) is 5.32 Å². The Hall–Kier alpha value is -1.43. The summed E-state index contributed by atoms with van der Waals surface area (Å²) in [6.07, 6.45) is 0.526. The summed E-state index contributed by atoms with van der Waals surface area (Å²) in [5, 5.41) is 11.7. The highest BCUT2D eigenvalue weighted by atomic mass is 16.5. The molecule has 0 spiro atoms. The third-order valence-electron chi connectivity index (χ3n) is 2.87. The largest absolute Gasteiger partial charge is 0.392 e. The molecule has 0 aromatic heterocycles. The van der Waals surface area contributed by atoms with Crippen molar-refractivity contribution in [2.45, 2.75) is 18.6 Å². The first kappa shape index (κ1) is 12.0.